The summed E-state index contributed by atoms with van der Waals surface area (Å²) in [6, 6.07) is 6.12. The molecular formula is C12H16N2O2. The third-order valence-corrected chi connectivity index (χ3v) is 3.08. The lowest BCUT2D eigenvalue weighted by Gasteiger charge is -2.27. The first-order valence-electron chi connectivity index (χ1n) is 5.74. The maximum atomic E-state index is 5.51. The number of hydrogen-bond donors (Lipinski definition) is 1. The Morgan fingerprint density at radius 3 is 2.94 bits per heavy atom. The Labute approximate surface area is 95.1 Å². The summed E-state index contributed by atoms with van der Waals surface area (Å²) >= 11 is 0. The molecular weight excluding hydrogens is 204 g/mol. The largest absolute Gasteiger partial charge is 0.454 e. The van der Waals surface area contributed by atoms with Gasteiger partial charge in [-0.3, -0.25) is 4.90 Å². The molecule has 0 aliphatic carbocycles. The van der Waals surface area contributed by atoms with Crippen LogP contribution in [-0.2, 0) is 6.54 Å². The van der Waals surface area contributed by atoms with Gasteiger partial charge in [0.15, 0.2) is 11.5 Å². The van der Waals surface area contributed by atoms with E-state index in [2.05, 4.69) is 16.3 Å². The van der Waals surface area contributed by atoms with E-state index in [9.17, 15) is 0 Å². The highest BCUT2D eigenvalue weighted by atomic mass is 16.7. The molecule has 0 bridgehead atoms. The van der Waals surface area contributed by atoms with Crippen molar-refractivity contribution < 1.29 is 9.47 Å². The van der Waals surface area contributed by atoms with Crippen LogP contribution < -0.4 is 14.8 Å². The molecule has 0 radical (unpaired) electrons. The second-order valence-electron chi connectivity index (χ2n) is 4.18. The van der Waals surface area contributed by atoms with Crippen LogP contribution in [0, 0.1) is 0 Å². The van der Waals surface area contributed by atoms with Gasteiger partial charge in [0.2, 0.25) is 6.79 Å². The number of para-hydroxylation sites is 1. The number of benzene rings is 1. The molecule has 3 rings (SSSR count). The molecule has 0 unspecified atom stereocenters. The SMILES string of the molecule is c1cc(CN2CCNCC2)c2c(c1)OCO2. The van der Waals surface area contributed by atoms with Crippen LogP contribution in [0.4, 0.5) is 0 Å². The second-order valence-corrected chi connectivity index (χ2v) is 4.18. The summed E-state index contributed by atoms with van der Waals surface area (Å²) in [5.41, 5.74) is 1.23. The maximum Gasteiger partial charge on any atom is 0.231 e. The van der Waals surface area contributed by atoms with Crippen molar-refractivity contribution >= 4 is 0 Å². The summed E-state index contributed by atoms with van der Waals surface area (Å²) in [6.07, 6.45) is 0. The minimum absolute atomic E-state index is 0.355. The zero-order valence-corrected chi connectivity index (χ0v) is 9.24. The van der Waals surface area contributed by atoms with Gasteiger partial charge in [-0.25, -0.2) is 0 Å². The number of nitrogens with one attached hydrogen (secondary N) is 1. The Morgan fingerprint density at radius 1 is 1.19 bits per heavy atom. The number of rotatable bonds is 2. The second kappa shape index (κ2) is 4.31. The molecule has 0 atom stereocenters. The van der Waals surface area contributed by atoms with Gasteiger partial charge in [-0.2, -0.15) is 0 Å². The summed E-state index contributed by atoms with van der Waals surface area (Å²) in [6.45, 7) is 5.66. The summed E-state index contributed by atoms with van der Waals surface area (Å²) in [5.74, 6) is 1.81. The molecule has 4 heteroatoms. The lowest BCUT2D eigenvalue weighted by Crippen LogP contribution is -2.42. The molecule has 0 aromatic heterocycles. The minimum Gasteiger partial charge on any atom is -0.454 e. The lowest BCUT2D eigenvalue weighted by atomic mass is 10.1. The highest BCUT2D eigenvalue weighted by Crippen LogP contribution is 2.35. The molecule has 0 saturated carbocycles. The third kappa shape index (κ3) is 1.86. The normalized spacial score (nSPS) is 20.0. The van der Waals surface area contributed by atoms with E-state index in [0.717, 1.165) is 44.2 Å². The van der Waals surface area contributed by atoms with E-state index in [1.807, 2.05) is 12.1 Å². The number of ether oxygens (including phenoxy) is 2. The van der Waals surface area contributed by atoms with Gasteiger partial charge in [0, 0.05) is 38.3 Å². The molecule has 2 heterocycles. The fourth-order valence-electron chi connectivity index (χ4n) is 2.23. The van der Waals surface area contributed by atoms with Crippen LogP contribution in [0.5, 0.6) is 11.5 Å². The highest BCUT2D eigenvalue weighted by Gasteiger charge is 2.19. The van der Waals surface area contributed by atoms with Gasteiger partial charge in [0.25, 0.3) is 0 Å². The van der Waals surface area contributed by atoms with Crippen LogP contribution in [0.15, 0.2) is 18.2 Å². The van der Waals surface area contributed by atoms with Crippen LogP contribution in [0.2, 0.25) is 0 Å². The van der Waals surface area contributed by atoms with Gasteiger partial charge < -0.3 is 14.8 Å². The average Bonchev–Trinajstić information content (AvgIpc) is 2.80. The van der Waals surface area contributed by atoms with Crippen LogP contribution in [-0.4, -0.2) is 37.9 Å². The molecule has 1 aromatic rings. The van der Waals surface area contributed by atoms with Gasteiger partial charge >= 0.3 is 0 Å². The molecule has 2 aliphatic rings. The van der Waals surface area contributed by atoms with E-state index < -0.39 is 0 Å². The summed E-state index contributed by atoms with van der Waals surface area (Å²) in [4.78, 5) is 2.44. The number of fused-ring (bicyclic) bond motifs is 1. The van der Waals surface area contributed by atoms with Crippen molar-refractivity contribution in [1.29, 1.82) is 0 Å². The zero-order valence-electron chi connectivity index (χ0n) is 9.24. The molecule has 4 nitrogen and oxygen atoms in total. The maximum absolute atomic E-state index is 5.51. The quantitative estimate of drug-likeness (QED) is 0.800. The first kappa shape index (κ1) is 9.93. The predicted octanol–water partition coefficient (Wildman–Crippen LogP) is 0.820. The van der Waals surface area contributed by atoms with Crippen LogP contribution in [0.1, 0.15) is 5.56 Å². The van der Waals surface area contributed by atoms with Gasteiger partial charge in [0.1, 0.15) is 0 Å². The third-order valence-electron chi connectivity index (χ3n) is 3.08. The Hall–Kier alpha value is -1.26. The molecule has 1 saturated heterocycles. The molecule has 1 fully saturated rings. The van der Waals surface area contributed by atoms with Crippen molar-refractivity contribution in [3.8, 4) is 11.5 Å². The summed E-state index contributed by atoms with van der Waals surface area (Å²) < 4.78 is 10.9. The molecule has 2 aliphatic heterocycles. The molecule has 1 aromatic carbocycles. The van der Waals surface area contributed by atoms with Crippen LogP contribution in [0.3, 0.4) is 0 Å². The van der Waals surface area contributed by atoms with Gasteiger partial charge in [0.05, 0.1) is 0 Å². The number of hydrogen-bond acceptors (Lipinski definition) is 4. The van der Waals surface area contributed by atoms with E-state index in [4.69, 9.17) is 9.47 Å². The molecule has 0 amide bonds. The molecule has 86 valence electrons. The fraction of sp³-hybridized carbons (Fsp3) is 0.500. The molecule has 0 spiro atoms. The zero-order chi connectivity index (χ0) is 10.8. The molecule has 1 N–H and O–H groups in total. The van der Waals surface area contributed by atoms with Gasteiger partial charge in [-0.1, -0.05) is 12.1 Å². The number of nitrogens with zero attached hydrogens (tertiary/aromatic N) is 1. The first-order chi connectivity index (χ1) is 7.93. The Bertz CT molecular complexity index is 375. The predicted molar refractivity (Wildman–Crippen MR) is 60.7 cm³/mol. The van der Waals surface area contributed by atoms with Crippen molar-refractivity contribution in [3.05, 3.63) is 23.8 Å². The van der Waals surface area contributed by atoms with Crippen molar-refractivity contribution in [2.75, 3.05) is 33.0 Å². The van der Waals surface area contributed by atoms with Crippen molar-refractivity contribution in [2.45, 2.75) is 6.54 Å². The van der Waals surface area contributed by atoms with E-state index in [0.29, 0.717) is 6.79 Å². The van der Waals surface area contributed by atoms with Crippen LogP contribution >= 0.6 is 0 Å². The first-order valence-corrected chi connectivity index (χ1v) is 5.74. The van der Waals surface area contributed by atoms with E-state index >= 15 is 0 Å². The Morgan fingerprint density at radius 2 is 2.06 bits per heavy atom. The Kier molecular flexibility index (Phi) is 2.68. The van der Waals surface area contributed by atoms with E-state index in [1.54, 1.807) is 0 Å². The van der Waals surface area contributed by atoms with E-state index in [1.165, 1.54) is 5.56 Å². The van der Waals surface area contributed by atoms with E-state index in [-0.39, 0.29) is 0 Å². The Balaban J connectivity index is 1.76. The fourth-order valence-corrected chi connectivity index (χ4v) is 2.23. The minimum atomic E-state index is 0.355. The summed E-state index contributed by atoms with van der Waals surface area (Å²) in [7, 11) is 0. The highest BCUT2D eigenvalue weighted by molar-refractivity contribution is 5.48. The van der Waals surface area contributed by atoms with Crippen LogP contribution in [0.25, 0.3) is 0 Å². The lowest BCUT2D eigenvalue weighted by molar-refractivity contribution is 0.171. The van der Waals surface area contributed by atoms with Crippen molar-refractivity contribution in [3.63, 3.8) is 0 Å². The monoisotopic (exact) mass is 220 g/mol. The topological polar surface area (TPSA) is 33.7 Å². The average molecular weight is 220 g/mol. The van der Waals surface area contributed by atoms with Gasteiger partial charge in [-0.15, -0.1) is 0 Å². The smallest absolute Gasteiger partial charge is 0.231 e. The standard InChI is InChI=1S/C12H16N2O2/c1-2-10(8-14-6-4-13-5-7-14)12-11(3-1)15-9-16-12/h1-3,13H,4-9H2. The van der Waals surface area contributed by atoms with Crippen molar-refractivity contribution in [1.82, 2.24) is 10.2 Å². The van der Waals surface area contributed by atoms with Crippen molar-refractivity contribution in [2.24, 2.45) is 0 Å². The molecule has 16 heavy (non-hydrogen) atoms. The number of piperazine rings is 1. The van der Waals surface area contributed by atoms with Gasteiger partial charge in [-0.05, 0) is 6.07 Å². The summed E-state index contributed by atoms with van der Waals surface area (Å²) in [5, 5.41) is 3.36.